The summed E-state index contributed by atoms with van der Waals surface area (Å²) in [7, 11) is 1.95. The van der Waals surface area contributed by atoms with Crippen molar-refractivity contribution in [2.45, 2.75) is 33.7 Å². The van der Waals surface area contributed by atoms with Gasteiger partial charge in [-0.2, -0.15) is 0 Å². The Morgan fingerprint density at radius 2 is 1.75 bits per heavy atom. The number of allylic oxidation sites excluding steroid dienone is 4. The van der Waals surface area contributed by atoms with Crippen molar-refractivity contribution in [2.24, 2.45) is 5.92 Å². The molecule has 1 atom stereocenters. The molecule has 0 saturated heterocycles. The van der Waals surface area contributed by atoms with E-state index in [4.69, 9.17) is 0 Å². The lowest BCUT2D eigenvalue weighted by molar-refractivity contribution is -0.117. The van der Waals surface area contributed by atoms with Gasteiger partial charge in [0.25, 0.3) is 0 Å². The molecule has 0 fully saturated rings. The van der Waals surface area contributed by atoms with E-state index in [-0.39, 0.29) is 11.7 Å². The fourth-order valence-corrected chi connectivity index (χ4v) is 1.86. The Hall–Kier alpha value is -1.67. The minimum absolute atomic E-state index is 0.0267. The molecule has 1 unspecified atom stereocenters. The van der Waals surface area contributed by atoms with E-state index < -0.39 is 0 Å². The molecule has 0 aliphatic carbocycles. The molecule has 0 bridgehead atoms. The Morgan fingerprint density at radius 3 is 2.20 bits per heavy atom. The minimum Gasteiger partial charge on any atom is -0.313 e. The predicted molar refractivity (Wildman–Crippen MR) is 86.6 cm³/mol. The molecule has 0 heterocycles. The highest BCUT2D eigenvalue weighted by Crippen LogP contribution is 2.20. The predicted octanol–water partition coefficient (Wildman–Crippen LogP) is 4.15. The first-order chi connectivity index (χ1) is 9.49. The number of nitrogens with one attached hydrogen (secondary N) is 1. The minimum atomic E-state index is 0.0267. The molecule has 0 aromatic heterocycles. The van der Waals surface area contributed by atoms with E-state index in [1.807, 2.05) is 40.0 Å². The third-order valence-electron chi connectivity index (χ3n) is 3.39. The summed E-state index contributed by atoms with van der Waals surface area (Å²) < 4.78 is 0. The molecule has 1 aromatic carbocycles. The molecular weight excluding hydrogens is 246 g/mol. The van der Waals surface area contributed by atoms with Gasteiger partial charge in [0.1, 0.15) is 0 Å². The van der Waals surface area contributed by atoms with E-state index in [0.29, 0.717) is 6.04 Å². The van der Waals surface area contributed by atoms with Gasteiger partial charge in [0.05, 0.1) is 0 Å². The highest BCUT2D eigenvalue weighted by atomic mass is 16.1. The van der Waals surface area contributed by atoms with Crippen LogP contribution in [-0.2, 0) is 4.79 Å². The van der Waals surface area contributed by atoms with Crippen LogP contribution in [0.3, 0.4) is 0 Å². The summed E-state index contributed by atoms with van der Waals surface area (Å²) in [4.78, 5) is 11.9. The summed E-state index contributed by atoms with van der Waals surface area (Å²) in [6, 6.07) is 8.68. The van der Waals surface area contributed by atoms with Crippen molar-refractivity contribution in [3.8, 4) is 0 Å². The molecule has 0 aliphatic rings. The van der Waals surface area contributed by atoms with E-state index in [9.17, 15) is 4.79 Å². The lowest BCUT2D eigenvalue weighted by atomic mass is 9.98. The van der Waals surface area contributed by atoms with Crippen molar-refractivity contribution < 1.29 is 4.79 Å². The second-order valence-corrected chi connectivity index (χ2v) is 5.29. The third kappa shape index (κ3) is 4.46. The molecule has 2 nitrogen and oxygen atoms in total. The molecule has 0 aliphatic heterocycles. The number of hydrogen-bond acceptors (Lipinski definition) is 2. The van der Waals surface area contributed by atoms with Gasteiger partial charge in [-0.3, -0.25) is 4.79 Å². The first-order valence-electron chi connectivity index (χ1n) is 7.15. The molecule has 0 amide bonds. The van der Waals surface area contributed by atoms with Crippen molar-refractivity contribution in [1.82, 2.24) is 5.32 Å². The van der Waals surface area contributed by atoms with Crippen molar-refractivity contribution in [3.63, 3.8) is 0 Å². The average Bonchev–Trinajstić information content (AvgIpc) is 2.46. The number of carbonyl (C=O) groups excluding carboxylic acids is 1. The van der Waals surface area contributed by atoms with Crippen LogP contribution < -0.4 is 5.32 Å². The largest absolute Gasteiger partial charge is 0.313 e. The van der Waals surface area contributed by atoms with Gasteiger partial charge in [-0.15, -0.1) is 0 Å². The quantitative estimate of drug-likeness (QED) is 0.622. The van der Waals surface area contributed by atoms with Gasteiger partial charge in [0.15, 0.2) is 5.78 Å². The van der Waals surface area contributed by atoms with Crippen LogP contribution >= 0.6 is 0 Å². The summed E-state index contributed by atoms with van der Waals surface area (Å²) in [5.74, 6) is 0.185. The number of rotatable bonds is 6. The van der Waals surface area contributed by atoms with Crippen LogP contribution in [0.25, 0.3) is 5.57 Å². The molecule has 1 rings (SSSR count). The first-order valence-corrected chi connectivity index (χ1v) is 7.15. The Bertz CT molecular complexity index is 495. The molecule has 0 radical (unpaired) electrons. The molecule has 0 saturated carbocycles. The normalized spacial score (nSPS) is 14.0. The lowest BCUT2D eigenvalue weighted by Crippen LogP contribution is -2.12. The zero-order valence-electron chi connectivity index (χ0n) is 13.1. The van der Waals surface area contributed by atoms with Crippen molar-refractivity contribution in [2.75, 3.05) is 7.05 Å². The molecule has 0 spiro atoms. The Kier molecular flexibility index (Phi) is 6.40. The zero-order valence-corrected chi connectivity index (χ0v) is 13.1. The maximum Gasteiger partial charge on any atom is 0.158 e. The van der Waals surface area contributed by atoms with Gasteiger partial charge in [-0.1, -0.05) is 50.3 Å². The standard InChI is InChI=1S/C18H25NO/c1-6-7-17(12-18(20)13(2)3)16-10-8-15(9-11-16)14(4)19-5/h6-14,19H,1-5H3/b7-6-,17-12+. The highest BCUT2D eigenvalue weighted by molar-refractivity contribution is 5.99. The van der Waals surface area contributed by atoms with Gasteiger partial charge >= 0.3 is 0 Å². The molecule has 108 valence electrons. The van der Waals surface area contributed by atoms with E-state index in [0.717, 1.165) is 11.1 Å². The maximum atomic E-state index is 11.9. The molecule has 1 aromatic rings. The third-order valence-corrected chi connectivity index (χ3v) is 3.39. The topological polar surface area (TPSA) is 29.1 Å². The molecule has 1 N–H and O–H groups in total. The van der Waals surface area contributed by atoms with Crippen LogP contribution in [0.2, 0.25) is 0 Å². The van der Waals surface area contributed by atoms with Crippen LogP contribution in [-0.4, -0.2) is 12.8 Å². The van der Waals surface area contributed by atoms with Crippen LogP contribution in [0.15, 0.2) is 42.5 Å². The van der Waals surface area contributed by atoms with E-state index in [1.165, 1.54) is 5.56 Å². The van der Waals surface area contributed by atoms with Crippen LogP contribution in [0.5, 0.6) is 0 Å². The number of benzene rings is 1. The molecule has 2 heteroatoms. The van der Waals surface area contributed by atoms with E-state index >= 15 is 0 Å². The number of carbonyl (C=O) groups is 1. The summed E-state index contributed by atoms with van der Waals surface area (Å²) >= 11 is 0. The first kappa shape index (κ1) is 16.4. The smallest absolute Gasteiger partial charge is 0.158 e. The maximum absolute atomic E-state index is 11.9. The fraction of sp³-hybridized carbons (Fsp3) is 0.389. The zero-order chi connectivity index (χ0) is 15.1. The van der Waals surface area contributed by atoms with Gasteiger partial charge in [-0.25, -0.2) is 0 Å². The van der Waals surface area contributed by atoms with Crippen LogP contribution in [0.1, 0.15) is 44.9 Å². The summed E-state index contributed by atoms with van der Waals surface area (Å²) in [5.41, 5.74) is 3.28. The molecule has 20 heavy (non-hydrogen) atoms. The summed E-state index contributed by atoms with van der Waals surface area (Å²) in [6.07, 6.45) is 5.68. The second-order valence-electron chi connectivity index (χ2n) is 5.29. The second kappa shape index (κ2) is 7.81. The average molecular weight is 271 g/mol. The summed E-state index contributed by atoms with van der Waals surface area (Å²) in [6.45, 7) is 7.93. The summed E-state index contributed by atoms with van der Waals surface area (Å²) in [5, 5.41) is 3.22. The number of ketones is 1. The SMILES string of the molecule is C/C=C\C(=C/C(=O)C(C)C)c1ccc(C(C)NC)cc1. The van der Waals surface area contributed by atoms with Crippen LogP contribution in [0.4, 0.5) is 0 Å². The van der Waals surface area contributed by atoms with Crippen molar-refractivity contribution in [1.29, 1.82) is 0 Å². The van der Waals surface area contributed by atoms with E-state index in [2.05, 4.69) is 36.5 Å². The number of hydrogen-bond donors (Lipinski definition) is 1. The Morgan fingerprint density at radius 1 is 1.15 bits per heavy atom. The molecular formula is C18H25NO. The monoisotopic (exact) mass is 271 g/mol. The van der Waals surface area contributed by atoms with Gasteiger partial charge in [0.2, 0.25) is 0 Å². The van der Waals surface area contributed by atoms with Crippen molar-refractivity contribution >= 4 is 11.4 Å². The lowest BCUT2D eigenvalue weighted by Gasteiger charge is -2.11. The van der Waals surface area contributed by atoms with Gasteiger partial charge < -0.3 is 5.32 Å². The highest BCUT2D eigenvalue weighted by Gasteiger charge is 2.07. The van der Waals surface area contributed by atoms with Gasteiger partial charge in [0, 0.05) is 12.0 Å². The Labute approximate surface area is 122 Å². The van der Waals surface area contributed by atoms with E-state index in [1.54, 1.807) is 6.08 Å². The van der Waals surface area contributed by atoms with Gasteiger partial charge in [-0.05, 0) is 43.7 Å². The van der Waals surface area contributed by atoms with Crippen LogP contribution in [0, 0.1) is 5.92 Å². The Balaban J connectivity index is 3.07. The fourth-order valence-electron chi connectivity index (χ4n) is 1.86. The van der Waals surface area contributed by atoms with Crippen molar-refractivity contribution in [3.05, 3.63) is 53.6 Å².